The van der Waals surface area contributed by atoms with E-state index in [0.717, 1.165) is 5.56 Å². The molecule has 5 heteroatoms. The van der Waals surface area contributed by atoms with Gasteiger partial charge in [0.1, 0.15) is 5.75 Å². The monoisotopic (exact) mass is 274 g/mol. The third-order valence-corrected chi connectivity index (χ3v) is 3.48. The van der Waals surface area contributed by atoms with Crippen LogP contribution in [0, 0.1) is 18.8 Å². The lowest BCUT2D eigenvalue weighted by molar-refractivity contribution is -0.313. The van der Waals surface area contributed by atoms with Crippen LogP contribution in [-0.2, 0) is 9.59 Å². The SMILES string of the molecule is Cc1ccc(NC(=O)[C@@H]2CC=CC[C@H]2C(=O)[O-])c(O)c1. The van der Waals surface area contributed by atoms with Crippen molar-refractivity contribution < 1.29 is 19.8 Å². The van der Waals surface area contributed by atoms with Gasteiger partial charge in [-0.25, -0.2) is 0 Å². The molecule has 0 bridgehead atoms. The van der Waals surface area contributed by atoms with Crippen molar-refractivity contribution in [3.8, 4) is 5.75 Å². The molecular formula is C15H16NO4-. The van der Waals surface area contributed by atoms with Crippen molar-refractivity contribution in [2.24, 2.45) is 11.8 Å². The number of carboxylic acids is 1. The molecule has 0 aromatic heterocycles. The first-order valence-corrected chi connectivity index (χ1v) is 6.45. The summed E-state index contributed by atoms with van der Waals surface area (Å²) in [6.07, 6.45) is 4.18. The van der Waals surface area contributed by atoms with Crippen LogP contribution in [0.1, 0.15) is 18.4 Å². The van der Waals surface area contributed by atoms with Crippen LogP contribution in [0.3, 0.4) is 0 Å². The van der Waals surface area contributed by atoms with Gasteiger partial charge in [-0.2, -0.15) is 0 Å². The van der Waals surface area contributed by atoms with Gasteiger partial charge in [0.05, 0.1) is 11.6 Å². The number of carboxylic acid groups (broad SMARTS) is 1. The summed E-state index contributed by atoms with van der Waals surface area (Å²) < 4.78 is 0. The quantitative estimate of drug-likeness (QED) is 0.635. The fourth-order valence-corrected chi connectivity index (χ4v) is 2.34. The van der Waals surface area contributed by atoms with Crippen molar-refractivity contribution in [3.05, 3.63) is 35.9 Å². The molecule has 0 heterocycles. The highest BCUT2D eigenvalue weighted by molar-refractivity contribution is 5.96. The first-order valence-electron chi connectivity index (χ1n) is 6.45. The maximum atomic E-state index is 12.2. The van der Waals surface area contributed by atoms with E-state index in [0.29, 0.717) is 12.8 Å². The zero-order valence-corrected chi connectivity index (χ0v) is 11.1. The maximum absolute atomic E-state index is 12.2. The van der Waals surface area contributed by atoms with Crippen LogP contribution in [0.25, 0.3) is 0 Å². The van der Waals surface area contributed by atoms with E-state index in [1.807, 2.05) is 6.92 Å². The molecule has 5 nitrogen and oxygen atoms in total. The molecule has 20 heavy (non-hydrogen) atoms. The Hall–Kier alpha value is -2.30. The summed E-state index contributed by atoms with van der Waals surface area (Å²) >= 11 is 0. The standard InChI is InChI=1S/C15H17NO4/c1-9-6-7-12(13(17)8-9)16-14(18)10-4-2-3-5-11(10)15(19)20/h2-3,6-8,10-11,17H,4-5H2,1H3,(H,16,18)(H,19,20)/p-1/t10-,11-/m1/s1. The van der Waals surface area contributed by atoms with E-state index in [-0.39, 0.29) is 11.4 Å². The van der Waals surface area contributed by atoms with E-state index in [1.54, 1.807) is 24.3 Å². The minimum absolute atomic E-state index is 0.0327. The van der Waals surface area contributed by atoms with Crippen molar-refractivity contribution in [3.63, 3.8) is 0 Å². The Bertz CT molecular complexity index is 565. The summed E-state index contributed by atoms with van der Waals surface area (Å²) in [5.41, 5.74) is 1.15. The molecule has 1 aliphatic rings. The number of allylic oxidation sites excluding steroid dienone is 2. The lowest BCUT2D eigenvalue weighted by Crippen LogP contribution is -2.41. The smallest absolute Gasteiger partial charge is 0.228 e. The van der Waals surface area contributed by atoms with Crippen molar-refractivity contribution in [1.29, 1.82) is 0 Å². The molecular weight excluding hydrogens is 258 g/mol. The summed E-state index contributed by atoms with van der Waals surface area (Å²) in [7, 11) is 0. The summed E-state index contributed by atoms with van der Waals surface area (Å²) in [4.78, 5) is 23.2. The Labute approximate surface area is 116 Å². The highest BCUT2D eigenvalue weighted by atomic mass is 16.4. The molecule has 0 unspecified atom stereocenters. The van der Waals surface area contributed by atoms with E-state index < -0.39 is 23.7 Å². The number of phenolic OH excluding ortho intramolecular Hbond substituents is 1. The van der Waals surface area contributed by atoms with E-state index in [9.17, 15) is 19.8 Å². The van der Waals surface area contributed by atoms with Crippen molar-refractivity contribution in [2.45, 2.75) is 19.8 Å². The molecule has 1 aromatic carbocycles. The molecule has 2 atom stereocenters. The molecule has 0 saturated heterocycles. The second-order valence-corrected chi connectivity index (χ2v) is 4.98. The van der Waals surface area contributed by atoms with Crippen molar-refractivity contribution >= 4 is 17.6 Å². The number of benzene rings is 1. The Morgan fingerprint density at radius 2 is 1.90 bits per heavy atom. The number of amides is 1. The van der Waals surface area contributed by atoms with Gasteiger partial charge in [-0.3, -0.25) is 4.79 Å². The number of phenols is 1. The number of aryl methyl sites for hydroxylation is 1. The Kier molecular flexibility index (Phi) is 4.08. The van der Waals surface area contributed by atoms with E-state index in [2.05, 4.69) is 5.32 Å². The molecule has 0 aliphatic heterocycles. The first-order chi connectivity index (χ1) is 9.49. The fourth-order valence-electron chi connectivity index (χ4n) is 2.34. The predicted molar refractivity (Wildman–Crippen MR) is 71.8 cm³/mol. The average molecular weight is 274 g/mol. The summed E-state index contributed by atoms with van der Waals surface area (Å²) in [5, 5.41) is 23.4. The van der Waals surface area contributed by atoms with E-state index in [4.69, 9.17) is 0 Å². The molecule has 1 aliphatic carbocycles. The summed E-state index contributed by atoms with van der Waals surface area (Å²) in [6, 6.07) is 4.88. The number of carbonyl (C=O) groups excluding carboxylic acids is 2. The molecule has 1 aromatic rings. The first kappa shape index (κ1) is 14.1. The lowest BCUT2D eigenvalue weighted by Gasteiger charge is -2.28. The van der Waals surface area contributed by atoms with Gasteiger partial charge in [0.2, 0.25) is 5.91 Å². The third kappa shape index (κ3) is 2.99. The van der Waals surface area contributed by atoms with Crippen LogP contribution in [-0.4, -0.2) is 17.0 Å². The molecule has 2 rings (SSSR count). The number of hydrogen-bond donors (Lipinski definition) is 2. The summed E-state index contributed by atoms with van der Waals surface area (Å²) in [6.45, 7) is 1.82. The minimum atomic E-state index is -1.22. The summed E-state index contributed by atoms with van der Waals surface area (Å²) in [5.74, 6) is -3.17. The zero-order valence-electron chi connectivity index (χ0n) is 11.1. The van der Waals surface area contributed by atoms with Crippen LogP contribution in [0.15, 0.2) is 30.4 Å². The van der Waals surface area contributed by atoms with Crippen molar-refractivity contribution in [2.75, 3.05) is 5.32 Å². The number of nitrogens with one attached hydrogen (secondary N) is 1. The molecule has 2 N–H and O–H groups in total. The van der Waals surface area contributed by atoms with Gasteiger partial charge in [-0.05, 0) is 37.5 Å². The van der Waals surface area contributed by atoms with Crippen LogP contribution >= 0.6 is 0 Å². The van der Waals surface area contributed by atoms with E-state index >= 15 is 0 Å². The normalized spacial score (nSPS) is 21.4. The molecule has 1 amide bonds. The lowest BCUT2D eigenvalue weighted by atomic mass is 9.82. The topological polar surface area (TPSA) is 89.5 Å². The fraction of sp³-hybridized carbons (Fsp3) is 0.333. The van der Waals surface area contributed by atoms with Crippen LogP contribution in [0.4, 0.5) is 5.69 Å². The zero-order chi connectivity index (χ0) is 14.7. The van der Waals surface area contributed by atoms with Gasteiger partial charge in [0.15, 0.2) is 0 Å². The minimum Gasteiger partial charge on any atom is -0.550 e. The highest BCUT2D eigenvalue weighted by Gasteiger charge is 2.30. The number of aliphatic carboxylic acids is 1. The Balaban J connectivity index is 2.14. The Morgan fingerprint density at radius 1 is 1.25 bits per heavy atom. The second-order valence-electron chi connectivity index (χ2n) is 4.98. The van der Waals surface area contributed by atoms with Gasteiger partial charge >= 0.3 is 0 Å². The maximum Gasteiger partial charge on any atom is 0.228 e. The number of rotatable bonds is 3. The molecule has 0 spiro atoms. The average Bonchev–Trinajstić information content (AvgIpc) is 2.41. The number of carbonyl (C=O) groups is 2. The van der Waals surface area contributed by atoms with Crippen LogP contribution in [0.2, 0.25) is 0 Å². The van der Waals surface area contributed by atoms with Crippen molar-refractivity contribution in [1.82, 2.24) is 0 Å². The van der Waals surface area contributed by atoms with Crippen LogP contribution < -0.4 is 10.4 Å². The number of anilines is 1. The van der Waals surface area contributed by atoms with Crippen LogP contribution in [0.5, 0.6) is 5.75 Å². The molecule has 0 saturated carbocycles. The predicted octanol–water partition coefficient (Wildman–Crippen LogP) is 0.971. The highest BCUT2D eigenvalue weighted by Crippen LogP contribution is 2.29. The van der Waals surface area contributed by atoms with Gasteiger partial charge in [0, 0.05) is 11.9 Å². The second kappa shape index (κ2) is 5.77. The van der Waals surface area contributed by atoms with E-state index in [1.165, 1.54) is 6.07 Å². The number of aromatic hydroxyl groups is 1. The van der Waals surface area contributed by atoms with Gasteiger partial charge in [-0.1, -0.05) is 18.2 Å². The van der Waals surface area contributed by atoms with Gasteiger partial charge < -0.3 is 20.3 Å². The van der Waals surface area contributed by atoms with Gasteiger partial charge in [0.25, 0.3) is 0 Å². The third-order valence-electron chi connectivity index (χ3n) is 3.48. The molecule has 106 valence electrons. The molecule has 0 radical (unpaired) electrons. The largest absolute Gasteiger partial charge is 0.550 e. The van der Waals surface area contributed by atoms with Gasteiger partial charge in [-0.15, -0.1) is 0 Å². The Morgan fingerprint density at radius 3 is 2.50 bits per heavy atom. The molecule has 0 fully saturated rings. The number of hydrogen-bond acceptors (Lipinski definition) is 4.